The molecule has 2 aromatic carbocycles. The first-order valence-corrected chi connectivity index (χ1v) is 9.82. The molecule has 0 aromatic heterocycles. The topological polar surface area (TPSA) is 124 Å². The number of hydrogen-bond acceptors (Lipinski definition) is 3. The van der Waals surface area contributed by atoms with Crippen LogP contribution in [-0.4, -0.2) is 31.1 Å². The van der Waals surface area contributed by atoms with Gasteiger partial charge in [0.1, 0.15) is 12.4 Å². The molecule has 1 fully saturated rings. The number of alkyl halides is 3. The van der Waals surface area contributed by atoms with Crippen LogP contribution in [0.1, 0.15) is 18.4 Å². The highest BCUT2D eigenvalue weighted by Crippen LogP contribution is 2.43. The van der Waals surface area contributed by atoms with E-state index in [-0.39, 0.29) is 33.8 Å². The molecule has 0 amide bonds. The summed E-state index contributed by atoms with van der Waals surface area (Å²) in [6.45, 7) is 1.46. The molecular weight excluding hydrogens is 433 g/mol. The monoisotopic (exact) mass is 454 g/mol. The lowest BCUT2D eigenvalue weighted by Gasteiger charge is -2.17. The minimum atomic E-state index is -4.68. The normalized spacial score (nSPS) is 16.9. The number of aliphatic imine (C=N–C) groups is 2. The molecule has 7 N–H and O–H groups in total. The van der Waals surface area contributed by atoms with Crippen LogP contribution in [0.25, 0.3) is 11.1 Å². The molecule has 1 saturated heterocycles. The van der Waals surface area contributed by atoms with Gasteiger partial charge < -0.3 is 27.3 Å². The number of guanidine groups is 2. The van der Waals surface area contributed by atoms with Gasteiger partial charge in [-0.1, -0.05) is 23.7 Å². The van der Waals surface area contributed by atoms with Crippen molar-refractivity contribution in [2.75, 3.05) is 13.2 Å². The zero-order chi connectivity index (χ0) is 22.6. The second kappa shape index (κ2) is 9.44. The van der Waals surface area contributed by atoms with E-state index >= 15 is 0 Å². The van der Waals surface area contributed by atoms with Crippen molar-refractivity contribution in [1.29, 1.82) is 0 Å². The van der Waals surface area contributed by atoms with Crippen LogP contribution in [0, 0.1) is 0 Å². The van der Waals surface area contributed by atoms with Crippen molar-refractivity contribution in [2.45, 2.75) is 25.1 Å². The molecule has 1 aliphatic rings. The lowest BCUT2D eigenvalue weighted by Crippen LogP contribution is -2.28. The van der Waals surface area contributed by atoms with Gasteiger partial charge >= 0.3 is 6.18 Å². The van der Waals surface area contributed by atoms with Gasteiger partial charge in [0.05, 0.1) is 16.3 Å². The molecule has 0 aliphatic carbocycles. The molecule has 0 radical (unpaired) electrons. The maximum atomic E-state index is 13.8. The van der Waals surface area contributed by atoms with E-state index < -0.39 is 17.7 Å². The summed E-state index contributed by atoms with van der Waals surface area (Å²) in [4.78, 5) is 7.27. The lowest BCUT2D eigenvalue weighted by molar-refractivity contribution is -0.137. The Kier molecular flexibility index (Phi) is 6.91. The molecule has 166 valence electrons. The summed E-state index contributed by atoms with van der Waals surface area (Å²) in [5.41, 5.74) is 14.9. The fourth-order valence-corrected chi connectivity index (χ4v) is 3.60. The van der Waals surface area contributed by atoms with Crippen molar-refractivity contribution in [1.82, 2.24) is 5.32 Å². The highest BCUT2D eigenvalue weighted by Gasteiger charge is 2.35. The second-order valence-electron chi connectivity index (χ2n) is 6.98. The molecule has 0 spiro atoms. The first-order chi connectivity index (χ1) is 14.6. The number of hydrogen-bond donors (Lipinski definition) is 4. The van der Waals surface area contributed by atoms with Gasteiger partial charge in [0.2, 0.25) is 5.96 Å². The summed E-state index contributed by atoms with van der Waals surface area (Å²) in [5, 5.41) is 3.17. The predicted octanol–water partition coefficient (Wildman–Crippen LogP) is 3.38. The minimum Gasteiger partial charge on any atom is -0.492 e. The molecule has 1 aliphatic heterocycles. The summed E-state index contributed by atoms with van der Waals surface area (Å²) in [5.74, 6) is -0.199. The zero-order valence-corrected chi connectivity index (χ0v) is 17.2. The van der Waals surface area contributed by atoms with Crippen LogP contribution in [0.5, 0.6) is 5.75 Å². The molecule has 3 rings (SSSR count). The molecule has 1 atom stereocenters. The largest absolute Gasteiger partial charge is 0.492 e. The highest BCUT2D eigenvalue weighted by atomic mass is 35.5. The van der Waals surface area contributed by atoms with E-state index in [4.69, 9.17) is 33.5 Å². The third-order valence-electron chi connectivity index (χ3n) is 4.62. The van der Waals surface area contributed by atoms with Crippen LogP contribution in [0.2, 0.25) is 5.02 Å². The van der Waals surface area contributed by atoms with Crippen LogP contribution in [-0.2, 0) is 6.18 Å². The minimum absolute atomic E-state index is 0.132. The highest BCUT2D eigenvalue weighted by molar-refractivity contribution is 6.33. The van der Waals surface area contributed by atoms with Crippen LogP contribution in [0.4, 0.5) is 18.9 Å². The number of nitrogens with one attached hydrogen (secondary N) is 1. The Morgan fingerprint density at radius 2 is 1.87 bits per heavy atom. The van der Waals surface area contributed by atoms with Crippen LogP contribution in [0.3, 0.4) is 0 Å². The van der Waals surface area contributed by atoms with Crippen molar-refractivity contribution < 1.29 is 17.9 Å². The van der Waals surface area contributed by atoms with Gasteiger partial charge in [-0.25, -0.2) is 4.99 Å². The van der Waals surface area contributed by atoms with Gasteiger partial charge in [0.25, 0.3) is 0 Å². The molecule has 0 saturated carbocycles. The van der Waals surface area contributed by atoms with E-state index in [2.05, 4.69) is 15.3 Å². The predicted molar refractivity (Wildman–Crippen MR) is 116 cm³/mol. The van der Waals surface area contributed by atoms with E-state index in [1.54, 1.807) is 12.1 Å². The van der Waals surface area contributed by atoms with E-state index in [1.807, 2.05) is 0 Å². The molecule has 1 heterocycles. The Morgan fingerprint density at radius 1 is 1.16 bits per heavy atom. The van der Waals surface area contributed by atoms with E-state index in [0.29, 0.717) is 12.4 Å². The first kappa shape index (κ1) is 22.7. The summed E-state index contributed by atoms with van der Waals surface area (Å²) in [7, 11) is 0. The average Bonchev–Trinajstić information content (AvgIpc) is 3.19. The molecule has 0 bridgehead atoms. The van der Waals surface area contributed by atoms with Crippen LogP contribution >= 0.6 is 11.6 Å². The van der Waals surface area contributed by atoms with E-state index in [9.17, 15) is 13.2 Å². The van der Waals surface area contributed by atoms with Gasteiger partial charge in [-0.15, -0.1) is 0 Å². The van der Waals surface area contributed by atoms with Crippen molar-refractivity contribution in [3.8, 4) is 16.9 Å². The smallest absolute Gasteiger partial charge is 0.417 e. The summed E-state index contributed by atoms with van der Waals surface area (Å²) in [6, 6.07) is 8.68. The lowest BCUT2D eigenvalue weighted by atomic mass is 9.98. The Morgan fingerprint density at radius 3 is 2.45 bits per heavy atom. The summed E-state index contributed by atoms with van der Waals surface area (Å²) < 4.78 is 47.1. The molecule has 2 aromatic rings. The van der Waals surface area contributed by atoms with Gasteiger partial charge in [0.15, 0.2) is 5.96 Å². The van der Waals surface area contributed by atoms with Gasteiger partial charge in [-0.3, -0.25) is 0 Å². The Balaban J connectivity index is 1.91. The van der Waals surface area contributed by atoms with E-state index in [1.165, 1.54) is 18.2 Å². The number of nitrogens with zero attached hydrogens (tertiary/aromatic N) is 2. The standard InChI is InChI=1S/C20H22ClF3N6O/c21-16-9-13(29-19(27)30-18(25)26)8-15(20(22,23)24)17(16)11-3-5-14(6-4-11)31-10-12-2-1-7-28-12/h3-6,8-9,12,28H,1-2,7,10H2,(H6,25,26,27,29,30). The third-order valence-corrected chi connectivity index (χ3v) is 4.92. The number of halogens is 4. The van der Waals surface area contributed by atoms with Crippen molar-refractivity contribution in [3.63, 3.8) is 0 Å². The van der Waals surface area contributed by atoms with Gasteiger partial charge in [0, 0.05) is 11.6 Å². The Labute approximate surface area is 182 Å². The molecule has 1 unspecified atom stereocenters. The maximum Gasteiger partial charge on any atom is 0.417 e. The number of nitrogens with two attached hydrogens (primary N) is 3. The van der Waals surface area contributed by atoms with Gasteiger partial charge in [-0.05, 0) is 49.2 Å². The fourth-order valence-electron chi connectivity index (χ4n) is 3.28. The van der Waals surface area contributed by atoms with Crippen molar-refractivity contribution in [3.05, 3.63) is 47.0 Å². The van der Waals surface area contributed by atoms with Crippen molar-refractivity contribution in [2.24, 2.45) is 27.2 Å². The average molecular weight is 455 g/mol. The van der Waals surface area contributed by atoms with Crippen LogP contribution < -0.4 is 27.3 Å². The number of rotatable bonds is 5. The SMILES string of the molecule is NC(N)=NC(N)=Nc1cc(Cl)c(-c2ccc(OCC3CCCN3)cc2)c(C(F)(F)F)c1. The Bertz CT molecular complexity index is 982. The third kappa shape index (κ3) is 6.02. The summed E-state index contributed by atoms with van der Waals surface area (Å²) >= 11 is 6.22. The number of ether oxygens (including phenoxy) is 1. The molecule has 31 heavy (non-hydrogen) atoms. The molecule has 7 nitrogen and oxygen atoms in total. The van der Waals surface area contributed by atoms with Gasteiger partial charge in [-0.2, -0.15) is 18.2 Å². The van der Waals surface area contributed by atoms with E-state index in [0.717, 1.165) is 25.5 Å². The molecule has 11 heteroatoms. The first-order valence-electron chi connectivity index (χ1n) is 9.44. The fraction of sp³-hybridized carbons (Fsp3) is 0.300. The van der Waals surface area contributed by atoms with Crippen LogP contribution in [0.15, 0.2) is 46.4 Å². The quantitative estimate of drug-likeness (QED) is 0.407. The molecular formula is C20H22ClF3N6O. The van der Waals surface area contributed by atoms with Crippen molar-refractivity contribution >= 4 is 29.2 Å². The summed E-state index contributed by atoms with van der Waals surface area (Å²) in [6.07, 6.45) is -2.55. The number of benzene rings is 2. The second-order valence-corrected chi connectivity index (χ2v) is 7.39. The Hall–Kier alpha value is -2.98. The zero-order valence-electron chi connectivity index (χ0n) is 16.4. The maximum absolute atomic E-state index is 13.8.